The van der Waals surface area contributed by atoms with Crippen LogP contribution in [0.15, 0.2) is 52.9 Å². The highest BCUT2D eigenvalue weighted by Crippen LogP contribution is 2.35. The lowest BCUT2D eigenvalue weighted by atomic mass is 10.0. The number of hydrogen-bond donors (Lipinski definition) is 1. The summed E-state index contributed by atoms with van der Waals surface area (Å²) in [7, 11) is 0. The molecule has 21 heavy (non-hydrogen) atoms. The zero-order valence-electron chi connectivity index (χ0n) is 12.8. The van der Waals surface area contributed by atoms with Crippen molar-refractivity contribution < 1.29 is 4.42 Å². The Hall–Kier alpha value is -2.06. The molecule has 1 atom stereocenters. The Kier molecular flexibility index (Phi) is 3.80. The minimum atomic E-state index is 0.228. The Balaban J connectivity index is 2.18. The van der Waals surface area contributed by atoms with Gasteiger partial charge >= 0.3 is 0 Å². The molecule has 0 saturated carbocycles. The molecule has 3 aromatic rings. The van der Waals surface area contributed by atoms with Gasteiger partial charge in [0.25, 0.3) is 0 Å². The molecular formula is C19H21NO. The first kappa shape index (κ1) is 13.9. The first-order chi connectivity index (χ1) is 10.2. The number of rotatable bonds is 4. The maximum atomic E-state index is 6.24. The maximum absolute atomic E-state index is 6.24. The predicted molar refractivity (Wildman–Crippen MR) is 88.5 cm³/mol. The van der Waals surface area contributed by atoms with Crippen LogP contribution in [0.1, 0.15) is 31.2 Å². The molecule has 0 saturated heterocycles. The van der Waals surface area contributed by atoms with Gasteiger partial charge in [-0.15, -0.1) is 0 Å². The van der Waals surface area contributed by atoms with Gasteiger partial charge in [0.05, 0.1) is 6.04 Å². The fourth-order valence-electron chi connectivity index (χ4n) is 2.92. The van der Waals surface area contributed by atoms with E-state index < -0.39 is 0 Å². The monoisotopic (exact) mass is 279 g/mol. The molecule has 0 aliphatic rings. The molecule has 2 heteroatoms. The summed E-state index contributed by atoms with van der Waals surface area (Å²) >= 11 is 0. The van der Waals surface area contributed by atoms with Gasteiger partial charge in [0.15, 0.2) is 0 Å². The Morgan fingerprint density at radius 1 is 1.05 bits per heavy atom. The van der Waals surface area contributed by atoms with E-state index in [1.165, 1.54) is 16.5 Å². The van der Waals surface area contributed by atoms with Crippen molar-refractivity contribution in [3.63, 3.8) is 0 Å². The predicted octanol–water partition coefficient (Wildman–Crippen LogP) is 5.08. The molecule has 0 amide bonds. The number of aryl methyl sites for hydroxylation is 1. The van der Waals surface area contributed by atoms with E-state index in [0.29, 0.717) is 0 Å². The normalized spacial score (nSPS) is 12.7. The summed E-state index contributed by atoms with van der Waals surface area (Å²) in [6.07, 6.45) is 0. The highest BCUT2D eigenvalue weighted by atomic mass is 16.3. The minimum Gasteiger partial charge on any atom is -0.458 e. The van der Waals surface area contributed by atoms with Gasteiger partial charge < -0.3 is 9.73 Å². The number of para-hydroxylation sites is 1. The molecule has 0 aliphatic carbocycles. The van der Waals surface area contributed by atoms with Gasteiger partial charge in [0.2, 0.25) is 0 Å². The van der Waals surface area contributed by atoms with E-state index in [1.54, 1.807) is 0 Å². The van der Waals surface area contributed by atoms with Crippen LogP contribution in [0, 0.1) is 6.92 Å². The quantitative estimate of drug-likeness (QED) is 0.720. The Morgan fingerprint density at radius 2 is 1.81 bits per heavy atom. The van der Waals surface area contributed by atoms with Gasteiger partial charge in [-0.1, -0.05) is 55.5 Å². The summed E-state index contributed by atoms with van der Waals surface area (Å²) in [5.41, 5.74) is 4.57. The maximum Gasteiger partial charge on any atom is 0.142 e. The summed E-state index contributed by atoms with van der Waals surface area (Å²) in [6, 6.07) is 17.0. The fourth-order valence-corrected chi connectivity index (χ4v) is 2.92. The number of fused-ring (bicyclic) bond motifs is 1. The van der Waals surface area contributed by atoms with Crippen molar-refractivity contribution >= 4 is 11.0 Å². The third-order valence-electron chi connectivity index (χ3n) is 3.99. The fraction of sp³-hybridized carbons (Fsp3) is 0.263. The molecule has 1 heterocycles. The highest BCUT2D eigenvalue weighted by molar-refractivity contribution is 5.94. The van der Waals surface area contributed by atoms with Gasteiger partial charge in [0.1, 0.15) is 11.3 Å². The van der Waals surface area contributed by atoms with Crippen molar-refractivity contribution in [3.8, 4) is 11.1 Å². The van der Waals surface area contributed by atoms with E-state index in [9.17, 15) is 0 Å². The van der Waals surface area contributed by atoms with Crippen LogP contribution in [0.2, 0.25) is 0 Å². The molecule has 2 aromatic carbocycles. The molecule has 1 unspecified atom stereocenters. The van der Waals surface area contributed by atoms with Crippen LogP contribution in [0.4, 0.5) is 0 Å². The van der Waals surface area contributed by atoms with Crippen LogP contribution in [0.5, 0.6) is 0 Å². The van der Waals surface area contributed by atoms with E-state index in [-0.39, 0.29) is 6.04 Å². The molecule has 0 bridgehead atoms. The van der Waals surface area contributed by atoms with Crippen molar-refractivity contribution in [3.05, 3.63) is 59.9 Å². The van der Waals surface area contributed by atoms with Gasteiger partial charge in [-0.3, -0.25) is 0 Å². The first-order valence-corrected chi connectivity index (χ1v) is 7.53. The molecule has 1 N–H and O–H groups in total. The molecule has 3 rings (SSSR count). The summed E-state index contributed by atoms with van der Waals surface area (Å²) < 4.78 is 6.24. The van der Waals surface area contributed by atoms with Crippen LogP contribution in [0.3, 0.4) is 0 Å². The van der Waals surface area contributed by atoms with Crippen molar-refractivity contribution in [1.29, 1.82) is 0 Å². The van der Waals surface area contributed by atoms with Crippen molar-refractivity contribution in [2.45, 2.75) is 26.8 Å². The average molecular weight is 279 g/mol. The Labute approximate surface area is 125 Å². The number of furan rings is 1. The first-order valence-electron chi connectivity index (χ1n) is 7.53. The molecular weight excluding hydrogens is 258 g/mol. The van der Waals surface area contributed by atoms with E-state index >= 15 is 0 Å². The van der Waals surface area contributed by atoms with Crippen LogP contribution in [0.25, 0.3) is 22.1 Å². The SMILES string of the molecule is CCNC(C)c1oc2c(-c3ccccc3)cccc2c1C. The summed E-state index contributed by atoms with van der Waals surface area (Å²) in [5, 5.41) is 4.63. The lowest BCUT2D eigenvalue weighted by Gasteiger charge is -2.09. The lowest BCUT2D eigenvalue weighted by Crippen LogP contribution is -2.17. The van der Waals surface area contributed by atoms with Gasteiger partial charge in [-0.2, -0.15) is 0 Å². The highest BCUT2D eigenvalue weighted by Gasteiger charge is 2.18. The molecule has 0 radical (unpaired) electrons. The third-order valence-corrected chi connectivity index (χ3v) is 3.99. The summed E-state index contributed by atoms with van der Waals surface area (Å²) in [4.78, 5) is 0. The standard InChI is InChI=1S/C19H21NO/c1-4-20-14(3)18-13(2)16-11-8-12-17(19(16)21-18)15-9-6-5-7-10-15/h5-12,14,20H,4H2,1-3H3. The second-order valence-corrected chi connectivity index (χ2v) is 5.42. The summed E-state index contributed by atoms with van der Waals surface area (Å²) in [5.74, 6) is 1.04. The number of benzene rings is 2. The molecule has 2 nitrogen and oxygen atoms in total. The van der Waals surface area contributed by atoms with Crippen LogP contribution >= 0.6 is 0 Å². The molecule has 0 aliphatic heterocycles. The Bertz CT molecular complexity index is 743. The van der Waals surface area contributed by atoms with Crippen LogP contribution in [-0.4, -0.2) is 6.54 Å². The minimum absolute atomic E-state index is 0.228. The third kappa shape index (κ3) is 2.47. The molecule has 1 aromatic heterocycles. The number of nitrogens with one attached hydrogen (secondary N) is 1. The molecule has 0 fully saturated rings. The van der Waals surface area contributed by atoms with Crippen LogP contribution in [-0.2, 0) is 0 Å². The second-order valence-electron chi connectivity index (χ2n) is 5.42. The van der Waals surface area contributed by atoms with Crippen molar-refractivity contribution in [2.75, 3.05) is 6.54 Å². The Morgan fingerprint density at radius 3 is 2.52 bits per heavy atom. The van der Waals surface area contributed by atoms with Crippen molar-refractivity contribution in [1.82, 2.24) is 5.32 Å². The second kappa shape index (κ2) is 5.74. The zero-order chi connectivity index (χ0) is 14.8. The zero-order valence-corrected chi connectivity index (χ0v) is 12.8. The number of hydrogen-bond acceptors (Lipinski definition) is 2. The van der Waals surface area contributed by atoms with Gasteiger partial charge in [0, 0.05) is 10.9 Å². The van der Waals surface area contributed by atoms with Crippen molar-refractivity contribution in [2.24, 2.45) is 0 Å². The largest absolute Gasteiger partial charge is 0.458 e. The molecule has 0 spiro atoms. The topological polar surface area (TPSA) is 25.2 Å². The van der Waals surface area contributed by atoms with Gasteiger partial charge in [-0.25, -0.2) is 0 Å². The van der Waals surface area contributed by atoms with Gasteiger partial charge in [-0.05, 0) is 31.5 Å². The van der Waals surface area contributed by atoms with E-state index in [1.807, 2.05) is 6.07 Å². The smallest absolute Gasteiger partial charge is 0.142 e. The average Bonchev–Trinajstić information content (AvgIpc) is 2.86. The summed E-state index contributed by atoms with van der Waals surface area (Å²) in [6.45, 7) is 7.34. The van der Waals surface area contributed by atoms with E-state index in [4.69, 9.17) is 4.42 Å². The van der Waals surface area contributed by atoms with Crippen LogP contribution < -0.4 is 5.32 Å². The van der Waals surface area contributed by atoms with E-state index in [2.05, 4.69) is 68.6 Å². The molecule has 108 valence electrons. The van der Waals surface area contributed by atoms with E-state index in [0.717, 1.165) is 23.5 Å². The lowest BCUT2D eigenvalue weighted by molar-refractivity contribution is 0.456.